The summed E-state index contributed by atoms with van der Waals surface area (Å²) in [6.45, 7) is 0.802. The highest BCUT2D eigenvalue weighted by Crippen LogP contribution is 2.36. The predicted octanol–water partition coefficient (Wildman–Crippen LogP) is -0.565. The maximum Gasteiger partial charge on any atom is 0.333 e. The summed E-state index contributed by atoms with van der Waals surface area (Å²) < 4.78 is 0. The molecule has 0 bridgehead atoms. The minimum absolute atomic E-state index is 0.0112. The third-order valence-electron chi connectivity index (χ3n) is 3.56. The summed E-state index contributed by atoms with van der Waals surface area (Å²) in [5, 5.41) is 27.2. The maximum atomic E-state index is 12.4. The van der Waals surface area contributed by atoms with Crippen molar-refractivity contribution < 1.29 is 19.6 Å². The van der Waals surface area contributed by atoms with Crippen molar-refractivity contribution in [3.05, 3.63) is 57.0 Å². The van der Waals surface area contributed by atoms with Crippen LogP contribution in [0.4, 0.5) is 0 Å². The van der Waals surface area contributed by atoms with Gasteiger partial charge >= 0.3 is 5.70 Å². The van der Waals surface area contributed by atoms with Gasteiger partial charge in [0.15, 0.2) is 5.82 Å². The average Bonchev–Trinajstić information content (AvgIpc) is 3.04. The zero-order valence-electron chi connectivity index (χ0n) is 10.8. The monoisotopic (exact) mass is 289 g/mol. The Labute approximate surface area is 118 Å². The van der Waals surface area contributed by atoms with E-state index in [0.717, 1.165) is 0 Å². The number of fused-ring (bicyclic) bond motifs is 1. The Bertz CT molecular complexity index is 667. The lowest BCUT2D eigenvalue weighted by molar-refractivity contribution is -0.439. The van der Waals surface area contributed by atoms with Crippen LogP contribution in [0.3, 0.4) is 0 Å². The van der Waals surface area contributed by atoms with E-state index in [0.29, 0.717) is 13.1 Å². The van der Waals surface area contributed by atoms with Crippen molar-refractivity contribution in [3.8, 4) is 0 Å². The number of hydrogen-bond acceptors (Lipinski definition) is 7. The zero-order valence-corrected chi connectivity index (χ0v) is 10.8. The van der Waals surface area contributed by atoms with Crippen LogP contribution < -0.4 is 10.6 Å². The summed E-state index contributed by atoms with van der Waals surface area (Å²) >= 11 is 0. The molecule has 0 aromatic heterocycles. The van der Waals surface area contributed by atoms with Gasteiger partial charge in [-0.25, -0.2) is 0 Å². The van der Waals surface area contributed by atoms with Crippen LogP contribution in [0.2, 0.25) is 0 Å². The molecule has 1 aliphatic carbocycles. The highest BCUT2D eigenvalue weighted by atomic mass is 16.6. The second-order valence-corrected chi connectivity index (χ2v) is 4.75. The van der Waals surface area contributed by atoms with Crippen molar-refractivity contribution >= 4 is 11.6 Å². The molecule has 0 saturated carbocycles. The Hall–Kier alpha value is -2.74. The predicted molar refractivity (Wildman–Crippen MR) is 70.1 cm³/mol. The smallest absolute Gasteiger partial charge is 0.333 e. The van der Waals surface area contributed by atoms with E-state index in [4.69, 9.17) is 0 Å². The van der Waals surface area contributed by atoms with Gasteiger partial charge in [-0.15, -0.1) is 0 Å². The maximum absolute atomic E-state index is 12.4. The van der Waals surface area contributed by atoms with E-state index >= 15 is 0 Å². The Morgan fingerprint density at radius 3 is 2.05 bits per heavy atom. The average molecular weight is 289 g/mol. The van der Waals surface area contributed by atoms with Crippen molar-refractivity contribution in [2.24, 2.45) is 0 Å². The fraction of sp³-hybridized carbons (Fsp3) is 0.231. The van der Waals surface area contributed by atoms with Crippen molar-refractivity contribution in [2.75, 3.05) is 13.1 Å². The van der Waals surface area contributed by atoms with Crippen LogP contribution in [0.5, 0.6) is 0 Å². The van der Waals surface area contributed by atoms with Gasteiger partial charge in [0.05, 0.1) is 4.92 Å². The molecule has 3 N–H and O–H groups in total. The third-order valence-corrected chi connectivity index (χ3v) is 3.56. The van der Waals surface area contributed by atoms with E-state index in [2.05, 4.69) is 10.6 Å². The van der Waals surface area contributed by atoms with E-state index in [1.807, 2.05) is 0 Å². The van der Waals surface area contributed by atoms with E-state index in [-0.39, 0.29) is 16.9 Å². The molecule has 8 heteroatoms. The molecule has 0 atom stereocenters. The first kappa shape index (κ1) is 13.3. The Kier molecular flexibility index (Phi) is 2.77. The molecule has 1 fully saturated rings. The molecule has 0 unspecified atom stereocenters. The molecule has 1 aromatic carbocycles. The molecule has 1 heterocycles. The van der Waals surface area contributed by atoms with E-state index in [1.165, 1.54) is 24.3 Å². The van der Waals surface area contributed by atoms with Crippen LogP contribution in [0, 0.1) is 10.1 Å². The Morgan fingerprint density at radius 2 is 1.62 bits per heavy atom. The molecular formula is C13H11N3O5. The minimum Gasteiger partial charge on any atom is -0.366 e. The zero-order chi connectivity index (χ0) is 15.2. The first-order valence-corrected chi connectivity index (χ1v) is 6.26. The number of Topliss-reactive ketones (excluding diaryl/α,β-unsaturated/α-hetero) is 2. The van der Waals surface area contributed by atoms with Crippen LogP contribution in [0.25, 0.3) is 0 Å². The van der Waals surface area contributed by atoms with Gasteiger partial charge in [-0.3, -0.25) is 19.7 Å². The molecule has 1 aromatic rings. The largest absolute Gasteiger partial charge is 0.366 e. The molecule has 108 valence electrons. The SMILES string of the molecule is O=C1c2ccccc2C(=O)C1(O)C(=C1NCCN1)[N+](=O)[O-]. The van der Waals surface area contributed by atoms with Gasteiger partial charge in [-0.05, 0) is 0 Å². The second-order valence-electron chi connectivity index (χ2n) is 4.75. The third kappa shape index (κ3) is 1.66. The Balaban J connectivity index is 2.22. The van der Waals surface area contributed by atoms with Crippen LogP contribution in [0.1, 0.15) is 20.7 Å². The fourth-order valence-corrected chi connectivity index (χ4v) is 2.60. The summed E-state index contributed by atoms with van der Waals surface area (Å²) in [6.07, 6.45) is 0. The van der Waals surface area contributed by atoms with Crippen molar-refractivity contribution in [2.45, 2.75) is 5.60 Å². The van der Waals surface area contributed by atoms with Crippen molar-refractivity contribution in [3.63, 3.8) is 0 Å². The first-order chi connectivity index (χ1) is 9.98. The number of carbonyl (C=O) groups excluding carboxylic acids is 2. The molecule has 8 nitrogen and oxygen atoms in total. The number of ketones is 2. The number of nitrogens with zero attached hydrogens (tertiary/aromatic N) is 1. The van der Waals surface area contributed by atoms with Crippen molar-refractivity contribution in [1.29, 1.82) is 0 Å². The molecule has 2 aliphatic rings. The summed E-state index contributed by atoms with van der Waals surface area (Å²) in [4.78, 5) is 35.2. The molecule has 1 saturated heterocycles. The number of carbonyl (C=O) groups is 2. The molecule has 0 radical (unpaired) electrons. The summed E-state index contributed by atoms with van der Waals surface area (Å²) in [5.74, 6) is -2.05. The standard InChI is InChI=1S/C13H11N3O5/c17-10-7-3-1-2-4-8(7)11(18)13(10,19)9(16(20)21)12-14-5-6-15-12/h1-4,14-15,19H,5-6H2. The summed E-state index contributed by atoms with van der Waals surface area (Å²) in [6, 6.07) is 5.79. The number of rotatable bonds is 2. The van der Waals surface area contributed by atoms with Gasteiger partial charge in [0.1, 0.15) is 0 Å². The molecule has 3 rings (SSSR count). The lowest BCUT2D eigenvalue weighted by Gasteiger charge is -2.17. The number of nitrogens with one attached hydrogen (secondary N) is 2. The quantitative estimate of drug-likeness (QED) is 0.379. The van der Waals surface area contributed by atoms with Gasteiger partial charge in [0.25, 0.3) is 5.60 Å². The van der Waals surface area contributed by atoms with Crippen LogP contribution >= 0.6 is 0 Å². The van der Waals surface area contributed by atoms with Crippen molar-refractivity contribution in [1.82, 2.24) is 10.6 Å². The normalized spacial score (nSPS) is 19.0. The number of benzene rings is 1. The Morgan fingerprint density at radius 1 is 1.14 bits per heavy atom. The van der Waals surface area contributed by atoms with Crippen LogP contribution in [-0.2, 0) is 0 Å². The van der Waals surface area contributed by atoms with Gasteiger partial charge in [-0.2, -0.15) is 0 Å². The first-order valence-electron chi connectivity index (χ1n) is 6.26. The lowest BCUT2D eigenvalue weighted by Crippen LogP contribution is -2.48. The minimum atomic E-state index is -2.80. The lowest BCUT2D eigenvalue weighted by atomic mass is 9.93. The van der Waals surface area contributed by atoms with E-state index in [9.17, 15) is 24.8 Å². The molecule has 21 heavy (non-hydrogen) atoms. The molecule has 0 amide bonds. The van der Waals surface area contributed by atoms with Gasteiger partial charge in [0, 0.05) is 24.2 Å². The number of aliphatic hydroxyl groups is 1. The van der Waals surface area contributed by atoms with E-state index in [1.54, 1.807) is 0 Å². The van der Waals surface area contributed by atoms with Gasteiger partial charge < -0.3 is 15.7 Å². The topological polar surface area (TPSA) is 122 Å². The van der Waals surface area contributed by atoms with Crippen LogP contribution in [-0.4, -0.2) is 40.3 Å². The van der Waals surface area contributed by atoms with Gasteiger partial charge in [-0.1, -0.05) is 24.3 Å². The summed E-state index contributed by atoms with van der Waals surface area (Å²) in [5.41, 5.74) is -3.68. The highest BCUT2D eigenvalue weighted by Gasteiger charge is 2.62. The number of hydrogen-bond donors (Lipinski definition) is 3. The second kappa shape index (κ2) is 4.38. The van der Waals surface area contributed by atoms with Gasteiger partial charge in [0.2, 0.25) is 11.6 Å². The van der Waals surface area contributed by atoms with E-state index < -0.39 is 27.8 Å². The fourth-order valence-electron chi connectivity index (χ4n) is 2.60. The molecule has 0 spiro atoms. The number of nitro groups is 1. The molecule has 1 aliphatic heterocycles. The highest BCUT2D eigenvalue weighted by molar-refractivity contribution is 6.33. The molecular weight excluding hydrogens is 278 g/mol. The van der Waals surface area contributed by atoms with Crippen LogP contribution in [0.15, 0.2) is 35.8 Å². The summed E-state index contributed by atoms with van der Waals surface area (Å²) in [7, 11) is 0.